The highest BCUT2D eigenvalue weighted by Crippen LogP contribution is 2.27. The summed E-state index contributed by atoms with van der Waals surface area (Å²) in [4.78, 5) is 6.56. The number of hydrogen-bond acceptors (Lipinski definition) is 6. The highest BCUT2D eigenvalue weighted by atomic mass is 15.1. The van der Waals surface area contributed by atoms with E-state index in [0.29, 0.717) is 0 Å². The van der Waals surface area contributed by atoms with Crippen molar-refractivity contribution in [3.63, 3.8) is 0 Å². The van der Waals surface area contributed by atoms with Gasteiger partial charge in [0.25, 0.3) is 0 Å². The number of likely N-dealkylation sites (N-methyl/N-ethyl adjacent to an activating group) is 1. The molecule has 1 aliphatic heterocycles. The van der Waals surface area contributed by atoms with Gasteiger partial charge in [-0.15, -0.1) is 0 Å². The van der Waals surface area contributed by atoms with E-state index in [1.165, 1.54) is 5.56 Å². The maximum atomic E-state index is 5.97. The summed E-state index contributed by atoms with van der Waals surface area (Å²) in [5.74, 6) is 0. The average Bonchev–Trinajstić information content (AvgIpc) is 2.86. The largest absolute Gasteiger partial charge is 0.399 e. The summed E-state index contributed by atoms with van der Waals surface area (Å²) in [6.45, 7) is 1.66. The second-order valence-corrected chi connectivity index (χ2v) is 8.43. The van der Waals surface area contributed by atoms with Crippen LogP contribution < -0.4 is 21.7 Å². The highest BCUT2D eigenvalue weighted by molar-refractivity contribution is 5.94. The zero-order valence-electron chi connectivity index (χ0n) is 19.1. The van der Waals surface area contributed by atoms with Crippen LogP contribution in [0.2, 0.25) is 0 Å². The Hall–Kier alpha value is -4.45. The number of rotatable bonds is 7. The Morgan fingerprint density at radius 1 is 0.912 bits per heavy atom. The second kappa shape index (κ2) is 9.58. The summed E-state index contributed by atoms with van der Waals surface area (Å²) in [5, 5.41) is 11.5. The number of aromatic nitrogens is 1. The molecule has 0 unspecified atom stereocenters. The molecule has 0 radical (unpaired) electrons. The van der Waals surface area contributed by atoms with Crippen molar-refractivity contribution in [2.75, 3.05) is 35.3 Å². The molecule has 170 valence electrons. The topological polar surface area (TPSA) is 78.2 Å². The normalized spacial score (nSPS) is 13.0. The van der Waals surface area contributed by atoms with Crippen LogP contribution in [0.15, 0.2) is 103 Å². The Balaban J connectivity index is 1.21. The van der Waals surface area contributed by atoms with Gasteiger partial charge in [-0.1, -0.05) is 12.1 Å². The third kappa shape index (κ3) is 5.13. The first-order valence-corrected chi connectivity index (χ1v) is 11.3. The van der Waals surface area contributed by atoms with Crippen molar-refractivity contribution in [1.29, 1.82) is 0 Å². The fourth-order valence-electron chi connectivity index (χ4n) is 3.90. The molecule has 0 saturated carbocycles. The molecule has 0 saturated heterocycles. The molecule has 0 atom stereocenters. The summed E-state index contributed by atoms with van der Waals surface area (Å²) in [6.07, 6.45) is 8.16. The molecule has 6 nitrogen and oxygen atoms in total. The van der Waals surface area contributed by atoms with Gasteiger partial charge in [-0.05, 0) is 78.4 Å². The SMILES string of the molecule is CN1C=CC(Nc2cccc(CNc3ccc(Nc4ccnc5ccc(N)cc45)cc3)c2)=CC1. The van der Waals surface area contributed by atoms with Gasteiger partial charge in [0.2, 0.25) is 0 Å². The Kier molecular flexibility index (Phi) is 6.03. The first kappa shape index (κ1) is 21.4. The molecule has 5 rings (SSSR count). The van der Waals surface area contributed by atoms with E-state index in [2.05, 4.69) is 99.8 Å². The van der Waals surface area contributed by atoms with Gasteiger partial charge < -0.3 is 26.6 Å². The number of pyridine rings is 1. The minimum atomic E-state index is 0.724. The Bertz CT molecular complexity index is 1360. The van der Waals surface area contributed by atoms with Crippen LogP contribution in [-0.4, -0.2) is 23.5 Å². The van der Waals surface area contributed by atoms with E-state index >= 15 is 0 Å². The molecule has 0 bridgehead atoms. The number of nitrogen functional groups attached to an aromatic ring is 1. The van der Waals surface area contributed by atoms with Crippen molar-refractivity contribution in [2.45, 2.75) is 6.54 Å². The molecule has 2 heterocycles. The van der Waals surface area contributed by atoms with Gasteiger partial charge in [0, 0.05) is 72.1 Å². The third-order valence-corrected chi connectivity index (χ3v) is 5.75. The van der Waals surface area contributed by atoms with Crippen LogP contribution in [-0.2, 0) is 6.54 Å². The van der Waals surface area contributed by atoms with Gasteiger partial charge in [0.05, 0.1) is 5.52 Å². The first-order chi connectivity index (χ1) is 16.6. The van der Waals surface area contributed by atoms with E-state index < -0.39 is 0 Å². The van der Waals surface area contributed by atoms with Crippen molar-refractivity contribution in [1.82, 2.24) is 9.88 Å². The van der Waals surface area contributed by atoms with Crippen LogP contribution >= 0.6 is 0 Å². The number of nitrogens with one attached hydrogen (secondary N) is 3. The molecule has 3 aromatic carbocycles. The molecule has 0 aliphatic carbocycles. The number of allylic oxidation sites excluding steroid dienone is 1. The van der Waals surface area contributed by atoms with Crippen LogP contribution in [0.4, 0.5) is 28.4 Å². The number of nitrogens with two attached hydrogens (primary N) is 1. The molecule has 0 fully saturated rings. The molecule has 34 heavy (non-hydrogen) atoms. The van der Waals surface area contributed by atoms with Crippen LogP contribution in [0.3, 0.4) is 0 Å². The average molecular weight is 449 g/mol. The van der Waals surface area contributed by atoms with Crippen molar-refractivity contribution in [3.8, 4) is 0 Å². The molecule has 0 amide bonds. The van der Waals surface area contributed by atoms with E-state index in [4.69, 9.17) is 5.73 Å². The number of nitrogens with zero attached hydrogens (tertiary/aromatic N) is 2. The van der Waals surface area contributed by atoms with Crippen LogP contribution in [0.25, 0.3) is 10.9 Å². The van der Waals surface area contributed by atoms with Gasteiger partial charge in [-0.2, -0.15) is 0 Å². The van der Waals surface area contributed by atoms with Crippen LogP contribution in [0.5, 0.6) is 0 Å². The van der Waals surface area contributed by atoms with E-state index in [1.54, 1.807) is 6.20 Å². The number of fused-ring (bicyclic) bond motifs is 1. The van der Waals surface area contributed by atoms with E-state index in [1.807, 2.05) is 24.3 Å². The second-order valence-electron chi connectivity index (χ2n) is 8.43. The molecule has 6 heteroatoms. The number of hydrogen-bond donors (Lipinski definition) is 4. The lowest BCUT2D eigenvalue weighted by Gasteiger charge is -2.18. The maximum absolute atomic E-state index is 5.97. The molecule has 5 N–H and O–H groups in total. The Morgan fingerprint density at radius 2 is 1.76 bits per heavy atom. The molecular formula is C28H28N6. The number of anilines is 5. The van der Waals surface area contributed by atoms with Gasteiger partial charge in [-0.25, -0.2) is 0 Å². The quantitative estimate of drug-likeness (QED) is 0.263. The van der Waals surface area contributed by atoms with Crippen molar-refractivity contribution in [3.05, 3.63) is 109 Å². The highest BCUT2D eigenvalue weighted by Gasteiger charge is 2.05. The van der Waals surface area contributed by atoms with E-state index in [-0.39, 0.29) is 0 Å². The predicted octanol–water partition coefficient (Wildman–Crippen LogP) is 5.93. The smallest absolute Gasteiger partial charge is 0.0724 e. The lowest BCUT2D eigenvalue weighted by molar-refractivity contribution is 0.502. The summed E-state index contributed by atoms with van der Waals surface area (Å²) in [5.41, 5.74) is 14.1. The van der Waals surface area contributed by atoms with Gasteiger partial charge in [0.1, 0.15) is 0 Å². The maximum Gasteiger partial charge on any atom is 0.0724 e. The van der Waals surface area contributed by atoms with Crippen molar-refractivity contribution < 1.29 is 0 Å². The molecular weight excluding hydrogens is 420 g/mol. The van der Waals surface area contributed by atoms with Gasteiger partial charge >= 0.3 is 0 Å². The minimum Gasteiger partial charge on any atom is -0.399 e. The minimum absolute atomic E-state index is 0.724. The summed E-state index contributed by atoms with van der Waals surface area (Å²) in [6, 6.07) is 24.5. The first-order valence-electron chi connectivity index (χ1n) is 11.3. The molecule has 0 spiro atoms. The molecule has 1 aromatic heterocycles. The summed E-state index contributed by atoms with van der Waals surface area (Å²) < 4.78 is 0. The van der Waals surface area contributed by atoms with Crippen molar-refractivity contribution in [2.24, 2.45) is 0 Å². The predicted molar refractivity (Wildman–Crippen MR) is 143 cm³/mol. The van der Waals surface area contributed by atoms with Crippen LogP contribution in [0.1, 0.15) is 5.56 Å². The summed E-state index contributed by atoms with van der Waals surface area (Å²) >= 11 is 0. The van der Waals surface area contributed by atoms with Gasteiger partial charge in [-0.3, -0.25) is 4.98 Å². The zero-order chi connectivity index (χ0) is 23.3. The summed E-state index contributed by atoms with van der Waals surface area (Å²) in [7, 11) is 2.07. The van der Waals surface area contributed by atoms with E-state index in [9.17, 15) is 0 Å². The Morgan fingerprint density at radius 3 is 2.59 bits per heavy atom. The Labute approximate surface area is 199 Å². The lowest BCUT2D eigenvalue weighted by atomic mass is 10.1. The zero-order valence-corrected chi connectivity index (χ0v) is 19.1. The van der Waals surface area contributed by atoms with Gasteiger partial charge in [0.15, 0.2) is 0 Å². The van der Waals surface area contributed by atoms with E-state index in [0.717, 1.165) is 58.1 Å². The fourth-order valence-corrected chi connectivity index (χ4v) is 3.90. The van der Waals surface area contributed by atoms with Crippen LogP contribution in [0, 0.1) is 0 Å². The monoisotopic (exact) mass is 448 g/mol. The number of benzene rings is 3. The van der Waals surface area contributed by atoms with Crippen molar-refractivity contribution >= 4 is 39.3 Å². The molecule has 1 aliphatic rings. The fraction of sp³-hybridized carbons (Fsp3) is 0.107. The standard InChI is InChI=1S/C28H28N6/c1-34-15-12-24(13-16-34)32-25-4-2-3-20(17-25)19-31-22-6-8-23(9-7-22)33-28-11-14-30-27-10-5-21(29)18-26(27)28/h2-15,17-18,31-32H,16,19,29H2,1H3,(H,30,33). The molecule has 4 aromatic rings. The lowest BCUT2D eigenvalue weighted by Crippen LogP contribution is -2.15. The third-order valence-electron chi connectivity index (χ3n) is 5.75.